The van der Waals surface area contributed by atoms with E-state index in [-0.39, 0.29) is 30.3 Å². The number of methoxy groups -OCH3 is 1. The van der Waals surface area contributed by atoms with E-state index in [1.807, 2.05) is 35.2 Å². The van der Waals surface area contributed by atoms with Gasteiger partial charge in [-0.3, -0.25) is 9.59 Å². The molecule has 0 heterocycles. The van der Waals surface area contributed by atoms with Crippen LogP contribution in [0.25, 0.3) is 0 Å². The molecule has 1 fully saturated rings. The average molecular weight is 444 g/mol. The molecule has 0 bridgehead atoms. The number of hydrogen-bond donors (Lipinski definition) is 2. The lowest BCUT2D eigenvalue weighted by molar-refractivity contribution is -0.132. The summed E-state index contributed by atoms with van der Waals surface area (Å²) in [7, 11) is 1.61. The van der Waals surface area contributed by atoms with Gasteiger partial charge in [-0.2, -0.15) is 0 Å². The molecule has 7 heteroatoms. The summed E-state index contributed by atoms with van der Waals surface area (Å²) in [5, 5.41) is 3.50. The number of carbonyl (C=O) groups excluding carboxylic acids is 2. The van der Waals surface area contributed by atoms with E-state index in [4.69, 9.17) is 22.1 Å². The molecule has 0 aliphatic heterocycles. The summed E-state index contributed by atoms with van der Waals surface area (Å²) >= 11 is 6.42. The molecule has 3 rings (SSSR count). The maximum atomic E-state index is 12.5. The van der Waals surface area contributed by atoms with Crippen LogP contribution in [0.5, 0.6) is 5.75 Å². The second kappa shape index (κ2) is 10.6. The van der Waals surface area contributed by atoms with Gasteiger partial charge in [0.05, 0.1) is 13.5 Å². The second-order valence-electron chi connectivity index (χ2n) is 8.09. The first-order chi connectivity index (χ1) is 14.9. The standard InChI is InChI=1S/C24H30ClN3O3/c1-16(29)28(21-8-5-19(26)6-9-21)15-18-14-20(7-12-23(18)25)27-24(30)13-17-3-10-22(31-2)11-4-17/h3-4,7,10-12,14,19,21H,5-6,8-9,13,15,26H2,1-2H3,(H,27,30). The molecule has 6 nitrogen and oxygen atoms in total. The molecule has 0 saturated heterocycles. The van der Waals surface area contributed by atoms with E-state index in [0.717, 1.165) is 42.6 Å². The van der Waals surface area contributed by atoms with Crippen molar-refractivity contribution in [3.8, 4) is 5.75 Å². The molecule has 0 aromatic heterocycles. The van der Waals surface area contributed by atoms with E-state index in [1.165, 1.54) is 0 Å². The van der Waals surface area contributed by atoms with Crippen LogP contribution in [-0.4, -0.2) is 35.9 Å². The first-order valence-electron chi connectivity index (χ1n) is 10.6. The SMILES string of the molecule is COc1ccc(CC(=O)Nc2ccc(Cl)c(CN(C(C)=O)C3CCC(N)CC3)c2)cc1. The van der Waals surface area contributed by atoms with E-state index < -0.39 is 0 Å². The van der Waals surface area contributed by atoms with Crippen LogP contribution < -0.4 is 15.8 Å². The minimum Gasteiger partial charge on any atom is -0.497 e. The molecule has 2 aromatic carbocycles. The Bertz CT molecular complexity index is 909. The van der Waals surface area contributed by atoms with Crippen molar-refractivity contribution >= 4 is 29.1 Å². The van der Waals surface area contributed by atoms with Gasteiger partial charge in [0, 0.05) is 36.3 Å². The van der Waals surface area contributed by atoms with Crippen LogP contribution >= 0.6 is 11.6 Å². The molecule has 1 aliphatic rings. The third-order valence-corrected chi connectivity index (χ3v) is 6.15. The van der Waals surface area contributed by atoms with Gasteiger partial charge in [0.2, 0.25) is 11.8 Å². The Morgan fingerprint density at radius 3 is 2.42 bits per heavy atom. The Labute approximate surface area is 188 Å². The molecule has 166 valence electrons. The quantitative estimate of drug-likeness (QED) is 0.673. The van der Waals surface area contributed by atoms with Crippen molar-refractivity contribution in [3.05, 3.63) is 58.6 Å². The van der Waals surface area contributed by atoms with Gasteiger partial charge in [0.15, 0.2) is 0 Å². The molecule has 31 heavy (non-hydrogen) atoms. The van der Waals surface area contributed by atoms with Gasteiger partial charge in [0.25, 0.3) is 0 Å². The lowest BCUT2D eigenvalue weighted by atomic mass is 9.90. The van der Waals surface area contributed by atoms with Crippen LogP contribution in [0.15, 0.2) is 42.5 Å². The fraction of sp³-hybridized carbons (Fsp3) is 0.417. The fourth-order valence-electron chi connectivity index (χ4n) is 4.00. The number of hydrogen-bond acceptors (Lipinski definition) is 4. The number of nitrogens with one attached hydrogen (secondary N) is 1. The molecule has 1 aliphatic carbocycles. The van der Waals surface area contributed by atoms with Gasteiger partial charge in [-0.15, -0.1) is 0 Å². The third kappa shape index (κ3) is 6.45. The molecule has 0 spiro atoms. The Morgan fingerprint density at radius 2 is 1.81 bits per heavy atom. The van der Waals surface area contributed by atoms with Crippen LogP contribution in [0.4, 0.5) is 5.69 Å². The molecule has 0 radical (unpaired) electrons. The van der Waals surface area contributed by atoms with Crippen LogP contribution in [0, 0.1) is 0 Å². The molecule has 1 saturated carbocycles. The number of ether oxygens (including phenoxy) is 1. The zero-order chi connectivity index (χ0) is 22.4. The lowest BCUT2D eigenvalue weighted by Gasteiger charge is -2.35. The van der Waals surface area contributed by atoms with E-state index in [9.17, 15) is 9.59 Å². The summed E-state index contributed by atoms with van der Waals surface area (Å²) in [6, 6.07) is 13.2. The highest BCUT2D eigenvalue weighted by atomic mass is 35.5. The topological polar surface area (TPSA) is 84.7 Å². The van der Waals surface area contributed by atoms with Crippen LogP contribution in [-0.2, 0) is 22.6 Å². The minimum absolute atomic E-state index is 0.0190. The number of benzene rings is 2. The molecule has 2 aromatic rings. The molecule has 0 atom stereocenters. The zero-order valence-electron chi connectivity index (χ0n) is 18.1. The van der Waals surface area contributed by atoms with Crippen molar-refractivity contribution in [1.29, 1.82) is 0 Å². The summed E-state index contributed by atoms with van der Waals surface area (Å²) in [5.41, 5.74) is 8.38. The highest BCUT2D eigenvalue weighted by Gasteiger charge is 2.26. The van der Waals surface area contributed by atoms with Gasteiger partial charge < -0.3 is 20.7 Å². The van der Waals surface area contributed by atoms with Crippen molar-refractivity contribution in [2.45, 2.75) is 57.7 Å². The summed E-state index contributed by atoms with van der Waals surface area (Å²) in [6.45, 7) is 2.00. The summed E-state index contributed by atoms with van der Waals surface area (Å²) < 4.78 is 5.14. The number of rotatable bonds is 7. The maximum Gasteiger partial charge on any atom is 0.228 e. The van der Waals surface area contributed by atoms with Gasteiger partial charge >= 0.3 is 0 Å². The Balaban J connectivity index is 1.66. The van der Waals surface area contributed by atoms with E-state index in [1.54, 1.807) is 26.2 Å². The largest absolute Gasteiger partial charge is 0.497 e. The predicted octanol–water partition coefficient (Wildman–Crippen LogP) is 4.15. The lowest BCUT2D eigenvalue weighted by Crippen LogP contribution is -2.42. The van der Waals surface area contributed by atoms with E-state index in [2.05, 4.69) is 5.32 Å². The minimum atomic E-state index is -0.122. The van der Waals surface area contributed by atoms with Crippen LogP contribution in [0.2, 0.25) is 5.02 Å². The van der Waals surface area contributed by atoms with Crippen LogP contribution in [0.1, 0.15) is 43.7 Å². The Kier molecular flexibility index (Phi) is 7.93. The first kappa shape index (κ1) is 23.1. The molecular formula is C24H30ClN3O3. The van der Waals surface area contributed by atoms with Gasteiger partial charge in [-0.05, 0) is 67.1 Å². The van der Waals surface area contributed by atoms with Gasteiger partial charge in [0.1, 0.15) is 5.75 Å². The van der Waals surface area contributed by atoms with Crippen LogP contribution in [0.3, 0.4) is 0 Å². The monoisotopic (exact) mass is 443 g/mol. The summed E-state index contributed by atoms with van der Waals surface area (Å²) in [6.07, 6.45) is 3.89. The highest BCUT2D eigenvalue weighted by Crippen LogP contribution is 2.27. The summed E-state index contributed by atoms with van der Waals surface area (Å²) in [5.74, 6) is 0.648. The van der Waals surface area contributed by atoms with E-state index in [0.29, 0.717) is 17.3 Å². The number of amides is 2. The molecule has 2 amide bonds. The van der Waals surface area contributed by atoms with Gasteiger partial charge in [-0.25, -0.2) is 0 Å². The normalized spacial score (nSPS) is 18.3. The second-order valence-corrected chi connectivity index (χ2v) is 8.50. The molecular weight excluding hydrogens is 414 g/mol. The predicted molar refractivity (Wildman–Crippen MR) is 123 cm³/mol. The van der Waals surface area contributed by atoms with Crippen molar-refractivity contribution < 1.29 is 14.3 Å². The Morgan fingerprint density at radius 1 is 1.13 bits per heavy atom. The summed E-state index contributed by atoms with van der Waals surface area (Å²) in [4.78, 5) is 26.7. The van der Waals surface area contributed by atoms with Gasteiger partial charge in [-0.1, -0.05) is 23.7 Å². The average Bonchev–Trinajstić information content (AvgIpc) is 2.75. The number of carbonyl (C=O) groups is 2. The number of halogens is 1. The first-order valence-corrected chi connectivity index (χ1v) is 11.0. The third-order valence-electron chi connectivity index (χ3n) is 5.78. The number of nitrogens with two attached hydrogens (primary N) is 1. The molecule has 3 N–H and O–H groups in total. The smallest absolute Gasteiger partial charge is 0.228 e. The van der Waals surface area contributed by atoms with Crippen molar-refractivity contribution in [2.75, 3.05) is 12.4 Å². The van der Waals surface area contributed by atoms with Crippen molar-refractivity contribution in [1.82, 2.24) is 4.90 Å². The number of nitrogens with zero attached hydrogens (tertiary/aromatic N) is 1. The van der Waals surface area contributed by atoms with E-state index >= 15 is 0 Å². The van der Waals surface area contributed by atoms with Crippen molar-refractivity contribution in [3.63, 3.8) is 0 Å². The zero-order valence-corrected chi connectivity index (χ0v) is 18.8. The molecule has 0 unspecified atom stereocenters. The maximum absolute atomic E-state index is 12.5. The van der Waals surface area contributed by atoms with Crippen molar-refractivity contribution in [2.24, 2.45) is 5.73 Å². The number of anilines is 1. The fourth-order valence-corrected chi connectivity index (χ4v) is 4.18. The highest BCUT2D eigenvalue weighted by molar-refractivity contribution is 6.31. The Hall–Kier alpha value is -2.57.